The number of nitrogens with zero attached hydrogens (tertiary/aromatic N) is 1. The molecule has 0 aromatic rings. The van der Waals surface area contributed by atoms with E-state index >= 15 is 0 Å². The molecule has 0 saturated carbocycles. The predicted molar refractivity (Wildman–Crippen MR) is 209 cm³/mol. The van der Waals surface area contributed by atoms with Gasteiger partial charge < -0.3 is 47.6 Å². The van der Waals surface area contributed by atoms with E-state index in [1.54, 1.807) is 6.92 Å². The fourth-order valence-corrected chi connectivity index (χ4v) is 7.16. The maximum Gasteiger partial charge on any atom is 0.326 e. The molecule has 1 aliphatic heterocycles. The number of nitrogens with one attached hydrogen (secondary N) is 6. The van der Waals surface area contributed by atoms with Crippen molar-refractivity contribution in [2.75, 3.05) is 42.5 Å². The first-order valence-corrected chi connectivity index (χ1v) is 21.3. The topological polar surface area (TPSA) is 275 Å². The molecule has 0 spiro atoms. The Morgan fingerprint density at radius 1 is 0.926 bits per heavy atom. The standard InChI is InChI=1S/C33H58N8O10S3/c1-7-19(4)27(40-26(43)14-34)31(47)38-23(15-52)32(48)41-11-8-9-25(41)30(46)37-22(13-18(2)3)28(44)39-24(16-53-17-35-20(5)42)29(45)36-21(33(49)50)10-12-54(6)51/h18-19,21-25,27,52H,7-17,34H2,1-6H3,(H,35,42)(H,36,45)(H,37,46)(H,38,47)(H,39,44)(H,40,43)(H,49,50)/t19-,21-,22-,23-,24-,25-,27-,54?/m0/s1. The Morgan fingerprint density at radius 2 is 1.54 bits per heavy atom. The first kappa shape index (κ1) is 48.6. The zero-order valence-corrected chi connectivity index (χ0v) is 34.3. The van der Waals surface area contributed by atoms with Crippen LogP contribution >= 0.6 is 24.4 Å². The van der Waals surface area contributed by atoms with Crippen LogP contribution in [0.1, 0.15) is 66.7 Å². The van der Waals surface area contributed by atoms with E-state index in [0.717, 1.165) is 11.8 Å². The van der Waals surface area contributed by atoms with Gasteiger partial charge in [0, 0.05) is 47.8 Å². The molecule has 1 saturated heterocycles. The van der Waals surface area contributed by atoms with Crippen molar-refractivity contribution in [3.8, 4) is 0 Å². The number of thiol groups is 1. The van der Waals surface area contributed by atoms with Crippen molar-refractivity contribution in [3.05, 3.63) is 0 Å². The minimum atomic E-state index is -1.38. The molecule has 21 heteroatoms. The summed E-state index contributed by atoms with van der Waals surface area (Å²) in [6.45, 7) is 8.44. The minimum Gasteiger partial charge on any atom is -0.480 e. The van der Waals surface area contributed by atoms with Crippen LogP contribution in [0, 0.1) is 11.8 Å². The van der Waals surface area contributed by atoms with Gasteiger partial charge in [0.1, 0.15) is 36.3 Å². The number of aliphatic carboxylic acids is 1. The van der Waals surface area contributed by atoms with Crippen molar-refractivity contribution in [3.63, 3.8) is 0 Å². The third-order valence-electron chi connectivity index (χ3n) is 8.62. The Bertz CT molecular complexity index is 1360. The van der Waals surface area contributed by atoms with E-state index < -0.39 is 88.5 Å². The molecule has 1 fully saturated rings. The lowest BCUT2D eigenvalue weighted by Crippen LogP contribution is -2.60. The van der Waals surface area contributed by atoms with E-state index in [1.165, 1.54) is 18.1 Å². The van der Waals surface area contributed by atoms with Crippen molar-refractivity contribution < 1.29 is 47.7 Å². The largest absolute Gasteiger partial charge is 0.480 e. The van der Waals surface area contributed by atoms with E-state index in [0.29, 0.717) is 12.8 Å². The van der Waals surface area contributed by atoms with Gasteiger partial charge in [0.2, 0.25) is 41.4 Å². The summed E-state index contributed by atoms with van der Waals surface area (Å²) in [6, 6.07) is -6.90. The first-order valence-electron chi connectivity index (χ1n) is 17.8. The number of likely N-dealkylation sites (tertiary alicyclic amines) is 1. The van der Waals surface area contributed by atoms with E-state index in [4.69, 9.17) is 5.73 Å². The third kappa shape index (κ3) is 16.9. The minimum absolute atomic E-state index is 0.0153. The molecular weight excluding hydrogens is 765 g/mol. The van der Waals surface area contributed by atoms with Crippen LogP contribution in [0.2, 0.25) is 0 Å². The molecule has 0 bridgehead atoms. The number of carbonyl (C=O) groups excluding carboxylic acids is 7. The molecule has 8 atom stereocenters. The van der Waals surface area contributed by atoms with Crippen molar-refractivity contribution in [2.24, 2.45) is 17.6 Å². The van der Waals surface area contributed by atoms with E-state index in [2.05, 4.69) is 44.5 Å². The molecule has 7 amide bonds. The number of hydrogen-bond donors (Lipinski definition) is 9. The van der Waals surface area contributed by atoms with Crippen LogP contribution in [-0.2, 0) is 49.2 Å². The lowest BCUT2D eigenvalue weighted by molar-refractivity contribution is -0.142. The quantitative estimate of drug-likeness (QED) is 0.0293. The van der Waals surface area contributed by atoms with E-state index in [1.807, 2.05) is 20.8 Å². The molecular formula is C33H58N8O10S3. The van der Waals surface area contributed by atoms with Crippen molar-refractivity contribution >= 4 is 82.5 Å². The molecule has 1 aliphatic rings. The summed E-state index contributed by atoms with van der Waals surface area (Å²) >= 11 is 5.37. The Morgan fingerprint density at radius 3 is 2.07 bits per heavy atom. The van der Waals surface area contributed by atoms with E-state index in [-0.39, 0.29) is 73.2 Å². The number of thioether (sulfide) groups is 1. The second kappa shape index (κ2) is 24.9. The molecule has 54 heavy (non-hydrogen) atoms. The van der Waals surface area contributed by atoms with Gasteiger partial charge in [0.05, 0.1) is 12.4 Å². The second-order valence-corrected chi connectivity index (χ2v) is 16.5. The highest BCUT2D eigenvalue weighted by molar-refractivity contribution is 7.99. The summed E-state index contributed by atoms with van der Waals surface area (Å²) in [4.78, 5) is 104. The van der Waals surface area contributed by atoms with Crippen LogP contribution in [0.15, 0.2) is 0 Å². The highest BCUT2D eigenvalue weighted by Crippen LogP contribution is 2.20. The molecule has 0 aromatic carbocycles. The maximum atomic E-state index is 13.8. The number of carboxylic acid groups (broad SMARTS) is 1. The molecule has 0 radical (unpaired) electrons. The molecule has 0 aromatic heterocycles. The Labute approximate surface area is 329 Å². The van der Waals surface area contributed by atoms with Crippen LogP contribution in [0.4, 0.5) is 0 Å². The molecule has 1 rings (SSSR count). The molecule has 0 aliphatic carbocycles. The lowest BCUT2D eigenvalue weighted by Gasteiger charge is -2.31. The van der Waals surface area contributed by atoms with Crippen LogP contribution in [0.5, 0.6) is 0 Å². The summed E-state index contributed by atoms with van der Waals surface area (Å²) < 4.78 is 11.6. The zero-order valence-electron chi connectivity index (χ0n) is 31.8. The molecule has 18 nitrogen and oxygen atoms in total. The lowest BCUT2D eigenvalue weighted by atomic mass is 9.98. The summed E-state index contributed by atoms with van der Waals surface area (Å²) in [6.07, 6.45) is 2.71. The second-order valence-electron chi connectivity index (χ2n) is 13.5. The first-order chi connectivity index (χ1) is 25.4. The number of carboxylic acids is 1. The summed E-state index contributed by atoms with van der Waals surface area (Å²) in [5.41, 5.74) is 5.42. The average molecular weight is 823 g/mol. The smallest absolute Gasteiger partial charge is 0.326 e. The Kier molecular flexibility index (Phi) is 22.4. The van der Waals surface area contributed by atoms with Gasteiger partial charge in [-0.15, -0.1) is 11.8 Å². The Hall–Kier alpha value is -3.43. The van der Waals surface area contributed by atoms with Crippen LogP contribution in [0.25, 0.3) is 0 Å². The fraction of sp³-hybridized carbons (Fsp3) is 0.758. The van der Waals surface area contributed by atoms with Crippen molar-refractivity contribution in [1.29, 1.82) is 0 Å². The normalized spacial score (nSPS) is 17.9. The highest BCUT2D eigenvalue weighted by Gasteiger charge is 2.40. The van der Waals surface area contributed by atoms with Gasteiger partial charge >= 0.3 is 5.97 Å². The summed E-state index contributed by atoms with van der Waals surface area (Å²) in [7, 11) is -1.32. The monoisotopic (exact) mass is 822 g/mol. The van der Waals surface area contributed by atoms with Gasteiger partial charge in [-0.25, -0.2) is 4.79 Å². The fourth-order valence-electron chi connectivity index (χ4n) is 5.45. The molecule has 1 unspecified atom stereocenters. The van der Waals surface area contributed by atoms with Gasteiger partial charge in [-0.3, -0.25) is 37.8 Å². The zero-order chi connectivity index (χ0) is 41.1. The van der Waals surface area contributed by atoms with Crippen LogP contribution in [0.3, 0.4) is 0 Å². The summed E-state index contributed by atoms with van der Waals surface area (Å²) in [5.74, 6) is -6.01. The summed E-state index contributed by atoms with van der Waals surface area (Å²) in [5, 5.41) is 25.2. The van der Waals surface area contributed by atoms with Crippen LogP contribution < -0.4 is 37.6 Å². The third-order valence-corrected chi connectivity index (χ3v) is 10.7. The molecule has 9 N–H and O–H groups in total. The Balaban J connectivity index is 3.21. The van der Waals surface area contributed by atoms with Crippen molar-refractivity contribution in [2.45, 2.75) is 103 Å². The highest BCUT2D eigenvalue weighted by atomic mass is 32.2. The van der Waals surface area contributed by atoms with Crippen LogP contribution in [-0.4, -0.2) is 140 Å². The molecule has 308 valence electrons. The number of carbonyl (C=O) groups is 8. The van der Waals surface area contributed by atoms with Gasteiger partial charge in [0.15, 0.2) is 0 Å². The van der Waals surface area contributed by atoms with Gasteiger partial charge in [-0.2, -0.15) is 12.6 Å². The van der Waals surface area contributed by atoms with Gasteiger partial charge in [0.25, 0.3) is 0 Å². The number of nitrogens with two attached hydrogens (primary N) is 1. The number of hydrogen-bond acceptors (Lipinski definition) is 12. The van der Waals surface area contributed by atoms with Crippen molar-refractivity contribution in [1.82, 2.24) is 36.8 Å². The SMILES string of the molecule is CC[C@H](C)[C@H](NC(=O)CN)C(=O)N[C@@H](CS)C(=O)N1CCC[C@H]1C(=O)N[C@@H](CC(C)C)C(=O)N[C@@H](CSCNC(C)=O)C(=O)N[C@@H](CCS(C)=O)C(=O)O. The predicted octanol–water partition coefficient (Wildman–Crippen LogP) is -1.94. The molecule has 1 heterocycles. The van der Waals surface area contributed by atoms with Gasteiger partial charge in [-0.1, -0.05) is 34.1 Å². The van der Waals surface area contributed by atoms with E-state index in [9.17, 15) is 47.7 Å². The maximum absolute atomic E-state index is 13.8. The van der Waals surface area contributed by atoms with Gasteiger partial charge in [-0.05, 0) is 37.5 Å². The number of rotatable bonds is 24. The number of amides is 7. The average Bonchev–Trinajstić information content (AvgIpc) is 3.61.